The lowest BCUT2D eigenvalue weighted by atomic mass is 10.4. The van der Waals surface area contributed by atoms with Gasteiger partial charge in [-0.3, -0.25) is 10.7 Å². The molecule has 0 spiro atoms. The lowest BCUT2D eigenvalue weighted by Gasteiger charge is -1.99. The van der Waals surface area contributed by atoms with E-state index in [1.807, 2.05) is 5.32 Å². The molecule has 0 atom stereocenters. The highest BCUT2D eigenvalue weighted by Crippen LogP contribution is 2.05. The van der Waals surface area contributed by atoms with Crippen molar-refractivity contribution in [3.05, 3.63) is 22.1 Å². The van der Waals surface area contributed by atoms with Gasteiger partial charge in [-0.25, -0.2) is 9.59 Å². The second-order valence-corrected chi connectivity index (χ2v) is 2.30. The van der Waals surface area contributed by atoms with Crippen LogP contribution in [0.4, 0.5) is 4.79 Å². The minimum Gasteiger partial charge on any atom is -0.441 e. The maximum absolute atomic E-state index is 10.7. The Hall–Kier alpha value is -2.05. The average molecular weight is 200 g/mol. The number of rotatable bonds is 3. The summed E-state index contributed by atoms with van der Waals surface area (Å²) in [6, 6.07) is 0. The van der Waals surface area contributed by atoms with Crippen molar-refractivity contribution in [2.45, 2.75) is 13.5 Å². The van der Waals surface area contributed by atoms with Crippen LogP contribution in [0.5, 0.6) is 0 Å². The number of nitrogens with one attached hydrogen (secondary N) is 2. The maximum Gasteiger partial charge on any atom is 0.519 e. The summed E-state index contributed by atoms with van der Waals surface area (Å²) in [6.07, 6.45) is -0.121. The third-order valence-corrected chi connectivity index (χ3v) is 1.36. The van der Waals surface area contributed by atoms with E-state index >= 15 is 0 Å². The van der Waals surface area contributed by atoms with E-state index in [0.29, 0.717) is 6.34 Å². The summed E-state index contributed by atoms with van der Waals surface area (Å²) >= 11 is 0. The van der Waals surface area contributed by atoms with Gasteiger partial charge in [-0.1, -0.05) is 0 Å². The van der Waals surface area contributed by atoms with E-state index in [4.69, 9.17) is 5.41 Å². The molecule has 0 radical (unpaired) electrons. The van der Waals surface area contributed by atoms with E-state index in [2.05, 4.69) is 13.6 Å². The largest absolute Gasteiger partial charge is 0.519 e. The zero-order chi connectivity index (χ0) is 10.6. The summed E-state index contributed by atoms with van der Waals surface area (Å²) in [5, 5.41) is 8.51. The number of alkyl carbamates (subject to hydrolysis) is 1. The molecule has 0 saturated heterocycles. The van der Waals surface area contributed by atoms with Gasteiger partial charge in [0.15, 0.2) is 18.1 Å². The Labute approximate surface area is 78.2 Å². The van der Waals surface area contributed by atoms with Crippen molar-refractivity contribution in [3.8, 4) is 0 Å². The Morgan fingerprint density at radius 2 is 2.36 bits per heavy atom. The van der Waals surface area contributed by atoms with Crippen LogP contribution in [-0.4, -0.2) is 12.4 Å². The van der Waals surface area contributed by atoms with Crippen molar-refractivity contribution in [2.75, 3.05) is 0 Å². The zero-order valence-electron chi connectivity index (χ0n) is 7.33. The van der Waals surface area contributed by atoms with Crippen LogP contribution in [0.25, 0.3) is 0 Å². The van der Waals surface area contributed by atoms with Crippen LogP contribution in [0, 0.1) is 12.3 Å². The third-order valence-electron chi connectivity index (χ3n) is 1.36. The minimum atomic E-state index is -0.839. The molecule has 0 aliphatic carbocycles. The first-order valence-electron chi connectivity index (χ1n) is 3.65. The van der Waals surface area contributed by atoms with Crippen molar-refractivity contribution in [2.24, 2.45) is 0 Å². The molecule has 0 aliphatic rings. The van der Waals surface area contributed by atoms with Gasteiger partial charge in [-0.05, 0) is 6.92 Å². The van der Waals surface area contributed by atoms with Crippen molar-refractivity contribution < 1.29 is 18.4 Å². The van der Waals surface area contributed by atoms with Crippen LogP contribution in [0.2, 0.25) is 0 Å². The molecule has 0 bridgehead atoms. The molecule has 7 heteroatoms. The molecule has 0 saturated carbocycles. The van der Waals surface area contributed by atoms with E-state index in [-0.39, 0.29) is 18.1 Å². The summed E-state index contributed by atoms with van der Waals surface area (Å²) in [4.78, 5) is 21.3. The lowest BCUT2D eigenvalue weighted by molar-refractivity contribution is 0.135. The highest BCUT2D eigenvalue weighted by atomic mass is 16.6. The third kappa shape index (κ3) is 2.47. The van der Waals surface area contributed by atoms with Gasteiger partial charge >= 0.3 is 11.9 Å². The Bertz CT molecular complexity index is 391. The number of carbonyl (C=O) groups is 1. The standard InChI is InChI=1S/C7H8N2O5/c1-4-5(14-7(11)13-4)2-12-6(10)9-3-8/h3H,2H2,1H3,(H2,8,9,10). The van der Waals surface area contributed by atoms with Gasteiger partial charge < -0.3 is 13.6 Å². The molecule has 0 aliphatic heterocycles. The van der Waals surface area contributed by atoms with Gasteiger partial charge in [0.25, 0.3) is 0 Å². The van der Waals surface area contributed by atoms with E-state index in [0.717, 1.165) is 0 Å². The zero-order valence-corrected chi connectivity index (χ0v) is 7.33. The molecule has 0 aromatic carbocycles. The van der Waals surface area contributed by atoms with Gasteiger partial charge in [0.1, 0.15) is 0 Å². The second-order valence-electron chi connectivity index (χ2n) is 2.30. The topological polar surface area (TPSA) is 106 Å². The second kappa shape index (κ2) is 4.26. The van der Waals surface area contributed by atoms with E-state index in [1.54, 1.807) is 0 Å². The molecular weight excluding hydrogens is 192 g/mol. The van der Waals surface area contributed by atoms with Gasteiger partial charge in [0, 0.05) is 0 Å². The smallest absolute Gasteiger partial charge is 0.441 e. The van der Waals surface area contributed by atoms with Crippen LogP contribution < -0.4 is 11.1 Å². The summed E-state index contributed by atoms with van der Waals surface area (Å²) < 4.78 is 13.7. The fraction of sp³-hybridized carbons (Fsp3) is 0.286. The first-order chi connectivity index (χ1) is 6.63. The normalized spacial score (nSPS) is 9.50. The first kappa shape index (κ1) is 10.0. The van der Waals surface area contributed by atoms with Crippen LogP contribution in [0.1, 0.15) is 11.5 Å². The van der Waals surface area contributed by atoms with Crippen LogP contribution >= 0.6 is 0 Å². The molecule has 14 heavy (non-hydrogen) atoms. The Kier molecular flexibility index (Phi) is 3.05. The van der Waals surface area contributed by atoms with E-state index in [1.165, 1.54) is 6.92 Å². The molecule has 76 valence electrons. The fourth-order valence-electron chi connectivity index (χ4n) is 0.738. The SMILES string of the molecule is Cc1oc(=O)oc1COC(=O)NC=N. The predicted molar refractivity (Wildman–Crippen MR) is 44.1 cm³/mol. The molecule has 1 aromatic heterocycles. The number of carbonyl (C=O) groups excluding carboxylic acids is 1. The van der Waals surface area contributed by atoms with Crippen LogP contribution in [0.3, 0.4) is 0 Å². The highest BCUT2D eigenvalue weighted by Gasteiger charge is 2.10. The van der Waals surface area contributed by atoms with Crippen molar-refractivity contribution >= 4 is 12.4 Å². The fourth-order valence-corrected chi connectivity index (χ4v) is 0.738. The summed E-state index contributed by atoms with van der Waals surface area (Å²) in [5.74, 6) is -0.429. The Balaban J connectivity index is 2.53. The molecule has 1 aromatic rings. The number of hydrogen-bond acceptors (Lipinski definition) is 6. The Morgan fingerprint density at radius 1 is 1.64 bits per heavy atom. The molecule has 7 nitrogen and oxygen atoms in total. The first-order valence-corrected chi connectivity index (χ1v) is 3.65. The van der Waals surface area contributed by atoms with Crippen molar-refractivity contribution in [3.63, 3.8) is 0 Å². The summed E-state index contributed by atoms with van der Waals surface area (Å²) in [5.41, 5.74) is 0. The molecule has 0 fully saturated rings. The molecule has 1 heterocycles. The van der Waals surface area contributed by atoms with E-state index in [9.17, 15) is 9.59 Å². The van der Waals surface area contributed by atoms with Crippen LogP contribution in [0.15, 0.2) is 13.6 Å². The quantitative estimate of drug-likeness (QED) is 0.541. The van der Waals surface area contributed by atoms with Crippen molar-refractivity contribution in [1.29, 1.82) is 5.41 Å². The van der Waals surface area contributed by atoms with Crippen molar-refractivity contribution in [1.82, 2.24) is 5.32 Å². The Morgan fingerprint density at radius 3 is 2.86 bits per heavy atom. The molecule has 1 amide bonds. The van der Waals surface area contributed by atoms with Crippen LogP contribution in [-0.2, 0) is 11.3 Å². The van der Waals surface area contributed by atoms with Gasteiger partial charge in [-0.15, -0.1) is 0 Å². The van der Waals surface area contributed by atoms with E-state index < -0.39 is 11.9 Å². The summed E-state index contributed by atoms with van der Waals surface area (Å²) in [7, 11) is 0. The molecule has 0 unspecified atom stereocenters. The minimum absolute atomic E-state index is 0.148. The van der Waals surface area contributed by atoms with Gasteiger partial charge in [-0.2, -0.15) is 0 Å². The van der Waals surface area contributed by atoms with Gasteiger partial charge in [0.05, 0.1) is 6.34 Å². The van der Waals surface area contributed by atoms with Gasteiger partial charge in [0.2, 0.25) is 0 Å². The monoisotopic (exact) mass is 200 g/mol. The maximum atomic E-state index is 10.7. The predicted octanol–water partition coefficient (Wildman–Crippen LogP) is 0.374. The highest BCUT2D eigenvalue weighted by molar-refractivity contribution is 5.80. The summed E-state index contributed by atoms with van der Waals surface area (Å²) in [6.45, 7) is 1.30. The average Bonchev–Trinajstić information content (AvgIpc) is 2.42. The number of aryl methyl sites for hydroxylation is 1. The number of ether oxygens (including phenoxy) is 1. The number of amides is 1. The molecular formula is C7H8N2O5. The number of hydrogen-bond donors (Lipinski definition) is 2. The molecule has 2 N–H and O–H groups in total. The lowest BCUT2D eigenvalue weighted by Crippen LogP contribution is -2.21. The molecule has 1 rings (SSSR count).